The van der Waals surface area contributed by atoms with Crippen LogP contribution < -0.4 is 4.72 Å². The molecule has 0 fully saturated rings. The molecule has 2 N–H and O–H groups in total. The minimum Gasteiger partial charge on any atom is -0.480 e. The molecule has 0 aliphatic rings. The van der Waals surface area contributed by atoms with Crippen molar-refractivity contribution >= 4 is 16.0 Å². The van der Waals surface area contributed by atoms with Crippen molar-refractivity contribution in [2.45, 2.75) is 24.8 Å². The van der Waals surface area contributed by atoms with Gasteiger partial charge in [-0.05, 0) is 18.1 Å². The highest BCUT2D eigenvalue weighted by molar-refractivity contribution is 7.89. The number of carbonyl (C=O) groups is 1. The first-order chi connectivity index (χ1) is 9.06. The van der Waals surface area contributed by atoms with Crippen molar-refractivity contribution in [2.75, 3.05) is 0 Å². The van der Waals surface area contributed by atoms with E-state index in [2.05, 4.69) is 0 Å². The van der Waals surface area contributed by atoms with Crippen LogP contribution >= 0.6 is 0 Å². The Morgan fingerprint density at radius 3 is 2.00 bits per heavy atom. The van der Waals surface area contributed by atoms with Crippen molar-refractivity contribution in [3.8, 4) is 0 Å². The molecule has 0 amide bonds. The molecule has 0 aromatic heterocycles. The number of sulfonamides is 1. The number of benzene rings is 1. The zero-order valence-corrected chi connectivity index (χ0v) is 11.3. The summed E-state index contributed by atoms with van der Waals surface area (Å²) in [6.07, 6.45) is 0. The third kappa shape index (κ3) is 3.48. The van der Waals surface area contributed by atoms with Crippen LogP contribution in [-0.2, 0) is 14.8 Å². The molecule has 0 heterocycles. The maximum Gasteiger partial charge on any atom is 0.322 e. The Balaban J connectivity index is 3.21. The smallest absolute Gasteiger partial charge is 0.322 e. The van der Waals surface area contributed by atoms with E-state index >= 15 is 0 Å². The second-order valence-electron chi connectivity index (χ2n) is 4.38. The second kappa shape index (κ2) is 5.80. The van der Waals surface area contributed by atoms with Gasteiger partial charge in [0.25, 0.3) is 0 Å². The van der Waals surface area contributed by atoms with Gasteiger partial charge in [0, 0.05) is 0 Å². The summed E-state index contributed by atoms with van der Waals surface area (Å²) in [6, 6.07) is -0.920. The van der Waals surface area contributed by atoms with Gasteiger partial charge in [-0.3, -0.25) is 4.79 Å². The second-order valence-corrected chi connectivity index (χ2v) is 6.10. The first-order valence-electron chi connectivity index (χ1n) is 5.46. The Bertz CT molecular complexity index is 608. The molecule has 0 saturated carbocycles. The molecule has 1 aromatic carbocycles. The van der Waals surface area contributed by atoms with Gasteiger partial charge >= 0.3 is 5.97 Å². The molecule has 0 aliphatic carbocycles. The van der Waals surface area contributed by atoms with E-state index in [1.165, 1.54) is 13.8 Å². The zero-order chi connectivity index (χ0) is 15.7. The fraction of sp³-hybridized carbons (Fsp3) is 0.364. The lowest BCUT2D eigenvalue weighted by atomic mass is 10.1. The molecular formula is C11H12F3NO4S. The fourth-order valence-electron chi connectivity index (χ4n) is 1.39. The molecule has 0 radical (unpaired) electrons. The van der Waals surface area contributed by atoms with Gasteiger partial charge in [-0.15, -0.1) is 0 Å². The van der Waals surface area contributed by atoms with Gasteiger partial charge in [0.1, 0.15) is 6.04 Å². The summed E-state index contributed by atoms with van der Waals surface area (Å²) < 4.78 is 64.2. The lowest BCUT2D eigenvalue weighted by Gasteiger charge is -2.18. The van der Waals surface area contributed by atoms with E-state index in [9.17, 15) is 26.4 Å². The maximum atomic E-state index is 13.0. The quantitative estimate of drug-likeness (QED) is 0.807. The van der Waals surface area contributed by atoms with Crippen LogP contribution in [0.4, 0.5) is 13.2 Å². The molecule has 20 heavy (non-hydrogen) atoms. The van der Waals surface area contributed by atoms with Gasteiger partial charge in [-0.25, -0.2) is 21.6 Å². The number of aliphatic carboxylic acids is 1. The predicted octanol–water partition coefficient (Wildman–Crippen LogP) is 1.49. The Hall–Kier alpha value is -1.61. The monoisotopic (exact) mass is 311 g/mol. The highest BCUT2D eigenvalue weighted by Crippen LogP contribution is 2.18. The molecule has 5 nitrogen and oxygen atoms in total. The number of halogens is 3. The highest BCUT2D eigenvalue weighted by atomic mass is 32.2. The molecule has 112 valence electrons. The van der Waals surface area contributed by atoms with E-state index in [0.717, 1.165) is 0 Å². The number of rotatable bonds is 5. The molecule has 9 heteroatoms. The van der Waals surface area contributed by atoms with Gasteiger partial charge in [0.15, 0.2) is 17.5 Å². The summed E-state index contributed by atoms with van der Waals surface area (Å²) in [4.78, 5) is 10.0. The van der Waals surface area contributed by atoms with Gasteiger partial charge in [-0.2, -0.15) is 4.72 Å². The Kier molecular flexibility index (Phi) is 4.77. The zero-order valence-electron chi connectivity index (χ0n) is 10.5. The number of hydrogen-bond acceptors (Lipinski definition) is 3. The van der Waals surface area contributed by atoms with E-state index < -0.39 is 50.3 Å². The summed E-state index contributed by atoms with van der Waals surface area (Å²) in [5.41, 5.74) is 0. The number of nitrogens with one attached hydrogen (secondary N) is 1. The summed E-state index contributed by atoms with van der Waals surface area (Å²) >= 11 is 0. The van der Waals surface area contributed by atoms with E-state index in [1.807, 2.05) is 0 Å². The fourth-order valence-corrected chi connectivity index (χ4v) is 2.75. The normalized spacial score (nSPS) is 13.5. The van der Waals surface area contributed by atoms with Crippen molar-refractivity contribution in [2.24, 2.45) is 5.92 Å². The summed E-state index contributed by atoms with van der Waals surface area (Å²) in [5.74, 6) is -7.20. The number of carboxylic acid groups (broad SMARTS) is 1. The molecule has 0 unspecified atom stereocenters. The van der Waals surface area contributed by atoms with Gasteiger partial charge < -0.3 is 5.11 Å². The standard InChI is InChI=1S/C11H12F3NO4S/c1-5(2)10(11(16)17)15-20(18,19)6-3-7(12)9(14)8(13)4-6/h3-5,10,15H,1-2H3,(H,16,17)/t10-/m1/s1. The van der Waals surface area contributed by atoms with Crippen LogP contribution in [0.5, 0.6) is 0 Å². The lowest BCUT2D eigenvalue weighted by Crippen LogP contribution is -2.44. The summed E-state index contributed by atoms with van der Waals surface area (Å²) in [6.45, 7) is 2.90. The van der Waals surface area contributed by atoms with E-state index in [4.69, 9.17) is 5.11 Å². The molecule has 0 spiro atoms. The third-order valence-corrected chi connectivity index (χ3v) is 3.90. The molecule has 1 aromatic rings. The van der Waals surface area contributed by atoms with Crippen LogP contribution in [0.3, 0.4) is 0 Å². The lowest BCUT2D eigenvalue weighted by molar-refractivity contribution is -0.140. The van der Waals surface area contributed by atoms with Gasteiger partial charge in [-0.1, -0.05) is 13.8 Å². The molecule has 0 saturated heterocycles. The maximum absolute atomic E-state index is 13.0. The molecule has 0 bridgehead atoms. The largest absolute Gasteiger partial charge is 0.480 e. The molecular weight excluding hydrogens is 299 g/mol. The SMILES string of the molecule is CC(C)[C@@H](NS(=O)(=O)c1cc(F)c(F)c(F)c1)C(=O)O. The third-order valence-electron chi connectivity index (χ3n) is 2.48. The molecule has 1 atom stereocenters. The average molecular weight is 311 g/mol. The minimum atomic E-state index is -4.49. The van der Waals surface area contributed by atoms with Crippen molar-refractivity contribution in [3.05, 3.63) is 29.6 Å². The van der Waals surface area contributed by atoms with Crippen LogP contribution in [0.15, 0.2) is 17.0 Å². The van der Waals surface area contributed by atoms with E-state index in [1.54, 1.807) is 4.72 Å². The first-order valence-corrected chi connectivity index (χ1v) is 6.94. The van der Waals surface area contributed by atoms with E-state index in [-0.39, 0.29) is 12.1 Å². The van der Waals surface area contributed by atoms with Crippen LogP contribution in [0.2, 0.25) is 0 Å². The Morgan fingerprint density at radius 2 is 1.65 bits per heavy atom. The Morgan fingerprint density at radius 1 is 1.20 bits per heavy atom. The highest BCUT2D eigenvalue weighted by Gasteiger charge is 2.29. The Labute approximate surface area is 113 Å². The first kappa shape index (κ1) is 16.4. The topological polar surface area (TPSA) is 83.5 Å². The van der Waals surface area contributed by atoms with Crippen molar-refractivity contribution in [1.82, 2.24) is 4.72 Å². The molecule has 0 aliphatic heterocycles. The van der Waals surface area contributed by atoms with Crippen molar-refractivity contribution in [1.29, 1.82) is 0 Å². The van der Waals surface area contributed by atoms with Crippen LogP contribution in [0, 0.1) is 23.4 Å². The number of carboxylic acids is 1. The minimum absolute atomic E-state index is 0.278. The average Bonchev–Trinajstić information content (AvgIpc) is 2.31. The predicted molar refractivity (Wildman–Crippen MR) is 62.9 cm³/mol. The van der Waals surface area contributed by atoms with Crippen LogP contribution in [0.1, 0.15) is 13.8 Å². The van der Waals surface area contributed by atoms with E-state index in [0.29, 0.717) is 0 Å². The van der Waals surface area contributed by atoms with Gasteiger partial charge in [0.05, 0.1) is 4.90 Å². The van der Waals surface area contributed by atoms with Crippen LogP contribution in [-0.4, -0.2) is 25.5 Å². The van der Waals surface area contributed by atoms with Crippen molar-refractivity contribution in [3.63, 3.8) is 0 Å². The molecule has 1 rings (SSSR count). The summed E-state index contributed by atoms with van der Waals surface area (Å²) in [7, 11) is -4.49. The number of hydrogen-bond donors (Lipinski definition) is 2. The van der Waals surface area contributed by atoms with Crippen molar-refractivity contribution < 1.29 is 31.5 Å². The van der Waals surface area contributed by atoms with Gasteiger partial charge in [0.2, 0.25) is 10.0 Å². The summed E-state index contributed by atoms with van der Waals surface area (Å²) in [5, 5.41) is 8.87. The van der Waals surface area contributed by atoms with Crippen LogP contribution in [0.25, 0.3) is 0 Å².